The Morgan fingerprint density at radius 3 is 2.60 bits per heavy atom. The minimum absolute atomic E-state index is 0.146. The van der Waals surface area contributed by atoms with E-state index in [-0.39, 0.29) is 17.9 Å². The summed E-state index contributed by atoms with van der Waals surface area (Å²) in [6, 6.07) is -0.531. The molecule has 5 heteroatoms. The van der Waals surface area contributed by atoms with Gasteiger partial charge in [-0.3, -0.25) is 4.79 Å². The van der Waals surface area contributed by atoms with Gasteiger partial charge in [0.15, 0.2) is 0 Å². The molecule has 1 saturated heterocycles. The summed E-state index contributed by atoms with van der Waals surface area (Å²) in [5, 5.41) is 15.3. The van der Waals surface area contributed by atoms with E-state index in [1.54, 1.807) is 0 Å². The van der Waals surface area contributed by atoms with Crippen LogP contribution in [0.2, 0.25) is 0 Å². The first-order valence-electron chi connectivity index (χ1n) is 7.76. The zero-order chi connectivity index (χ0) is 14.7. The number of carboxylic acids is 1. The molecule has 1 amide bonds. The lowest BCUT2D eigenvalue weighted by atomic mass is 9.85. The average molecular weight is 282 g/mol. The van der Waals surface area contributed by atoms with Gasteiger partial charge in [0.2, 0.25) is 5.91 Å². The third-order valence-corrected chi connectivity index (χ3v) is 4.50. The molecular formula is C15H26N2O3. The first-order valence-corrected chi connectivity index (χ1v) is 7.76. The molecule has 2 fully saturated rings. The van der Waals surface area contributed by atoms with Crippen molar-refractivity contribution in [2.24, 2.45) is 11.8 Å². The number of aliphatic carboxylic acids is 1. The number of carbonyl (C=O) groups excluding carboxylic acids is 1. The predicted octanol–water partition coefficient (Wildman–Crippen LogP) is 1.52. The zero-order valence-corrected chi connectivity index (χ0v) is 12.4. The van der Waals surface area contributed by atoms with Gasteiger partial charge in [0.25, 0.3) is 0 Å². The maximum atomic E-state index is 12.2. The highest BCUT2D eigenvalue weighted by molar-refractivity contribution is 5.87. The Labute approximate surface area is 120 Å². The number of amides is 1. The van der Waals surface area contributed by atoms with Gasteiger partial charge in [0.05, 0.1) is 6.04 Å². The van der Waals surface area contributed by atoms with Gasteiger partial charge in [-0.05, 0) is 37.5 Å². The van der Waals surface area contributed by atoms with Crippen molar-refractivity contribution < 1.29 is 14.7 Å². The number of carboxylic acid groups (broad SMARTS) is 1. The van der Waals surface area contributed by atoms with Crippen molar-refractivity contribution in [1.82, 2.24) is 10.6 Å². The molecule has 0 aromatic carbocycles. The summed E-state index contributed by atoms with van der Waals surface area (Å²) >= 11 is 0. The smallest absolute Gasteiger partial charge is 0.326 e. The van der Waals surface area contributed by atoms with Gasteiger partial charge in [-0.2, -0.15) is 0 Å². The van der Waals surface area contributed by atoms with E-state index >= 15 is 0 Å². The molecule has 2 rings (SSSR count). The molecule has 4 unspecified atom stereocenters. The SMILES string of the molecule is CC(C)CC(NC(=O)C1CC2CCCCC2N1)C(=O)O. The molecule has 0 radical (unpaired) electrons. The van der Waals surface area contributed by atoms with Crippen LogP contribution in [0.3, 0.4) is 0 Å². The van der Waals surface area contributed by atoms with Crippen molar-refractivity contribution in [3.8, 4) is 0 Å². The molecule has 1 aliphatic heterocycles. The van der Waals surface area contributed by atoms with Crippen molar-refractivity contribution in [2.45, 2.75) is 70.5 Å². The Morgan fingerprint density at radius 1 is 1.30 bits per heavy atom. The molecule has 1 aliphatic carbocycles. The van der Waals surface area contributed by atoms with E-state index in [9.17, 15) is 14.7 Å². The highest BCUT2D eigenvalue weighted by Crippen LogP contribution is 2.33. The molecule has 4 atom stereocenters. The van der Waals surface area contributed by atoms with Crippen LogP contribution >= 0.6 is 0 Å². The van der Waals surface area contributed by atoms with Crippen molar-refractivity contribution in [3.63, 3.8) is 0 Å². The molecule has 3 N–H and O–H groups in total. The fraction of sp³-hybridized carbons (Fsp3) is 0.867. The summed E-state index contributed by atoms with van der Waals surface area (Å²) in [6.07, 6.45) is 6.14. The number of hydrogen-bond donors (Lipinski definition) is 3. The van der Waals surface area contributed by atoms with Crippen LogP contribution in [0.5, 0.6) is 0 Å². The van der Waals surface area contributed by atoms with Crippen LogP contribution in [0.4, 0.5) is 0 Å². The number of fused-ring (bicyclic) bond motifs is 1. The molecule has 5 nitrogen and oxygen atoms in total. The maximum absolute atomic E-state index is 12.2. The monoisotopic (exact) mass is 282 g/mol. The average Bonchev–Trinajstić information content (AvgIpc) is 2.81. The van der Waals surface area contributed by atoms with Gasteiger partial charge in [-0.25, -0.2) is 4.79 Å². The quantitative estimate of drug-likeness (QED) is 0.714. The lowest BCUT2D eigenvalue weighted by Crippen LogP contribution is -2.49. The van der Waals surface area contributed by atoms with Crippen molar-refractivity contribution in [1.29, 1.82) is 0 Å². The minimum atomic E-state index is -0.942. The van der Waals surface area contributed by atoms with Gasteiger partial charge in [0.1, 0.15) is 6.04 Å². The molecule has 114 valence electrons. The van der Waals surface area contributed by atoms with Crippen molar-refractivity contribution >= 4 is 11.9 Å². The molecule has 2 aliphatic rings. The van der Waals surface area contributed by atoms with E-state index in [4.69, 9.17) is 0 Å². The molecule has 0 aromatic rings. The minimum Gasteiger partial charge on any atom is -0.480 e. The second kappa shape index (κ2) is 6.57. The molecular weight excluding hydrogens is 256 g/mol. The molecule has 0 spiro atoms. The summed E-state index contributed by atoms with van der Waals surface area (Å²) in [5.41, 5.74) is 0. The zero-order valence-electron chi connectivity index (χ0n) is 12.4. The molecule has 1 heterocycles. The van der Waals surface area contributed by atoms with Gasteiger partial charge in [-0.1, -0.05) is 26.7 Å². The Hall–Kier alpha value is -1.10. The first kappa shape index (κ1) is 15.3. The summed E-state index contributed by atoms with van der Waals surface area (Å²) in [4.78, 5) is 23.4. The second-order valence-electron chi connectivity index (χ2n) is 6.63. The van der Waals surface area contributed by atoms with Crippen LogP contribution in [-0.4, -0.2) is 35.1 Å². The first-order chi connectivity index (χ1) is 9.47. The fourth-order valence-corrected chi connectivity index (χ4v) is 3.49. The normalized spacial score (nSPS) is 30.9. The van der Waals surface area contributed by atoms with Gasteiger partial charge in [0, 0.05) is 6.04 Å². The van der Waals surface area contributed by atoms with E-state index in [0.29, 0.717) is 18.4 Å². The van der Waals surface area contributed by atoms with Gasteiger partial charge >= 0.3 is 5.97 Å². The summed E-state index contributed by atoms with van der Waals surface area (Å²) < 4.78 is 0. The van der Waals surface area contributed by atoms with Crippen LogP contribution in [0.15, 0.2) is 0 Å². The lowest BCUT2D eigenvalue weighted by Gasteiger charge is -2.24. The maximum Gasteiger partial charge on any atom is 0.326 e. The summed E-state index contributed by atoms with van der Waals surface area (Å²) in [6.45, 7) is 3.93. The van der Waals surface area contributed by atoms with E-state index in [0.717, 1.165) is 12.8 Å². The molecule has 0 bridgehead atoms. The predicted molar refractivity (Wildman–Crippen MR) is 76.3 cm³/mol. The van der Waals surface area contributed by atoms with E-state index in [1.807, 2.05) is 13.8 Å². The third kappa shape index (κ3) is 3.72. The molecule has 1 saturated carbocycles. The Balaban J connectivity index is 1.89. The van der Waals surface area contributed by atoms with Crippen LogP contribution < -0.4 is 10.6 Å². The Bertz CT molecular complexity index is 356. The highest BCUT2D eigenvalue weighted by atomic mass is 16.4. The van der Waals surface area contributed by atoms with E-state index in [2.05, 4.69) is 10.6 Å². The van der Waals surface area contributed by atoms with Crippen LogP contribution in [0, 0.1) is 11.8 Å². The van der Waals surface area contributed by atoms with Crippen molar-refractivity contribution in [3.05, 3.63) is 0 Å². The van der Waals surface area contributed by atoms with Crippen LogP contribution in [0.1, 0.15) is 52.4 Å². The largest absolute Gasteiger partial charge is 0.480 e. The highest BCUT2D eigenvalue weighted by Gasteiger charge is 2.39. The Morgan fingerprint density at radius 2 is 2.00 bits per heavy atom. The summed E-state index contributed by atoms with van der Waals surface area (Å²) in [5.74, 6) is -0.252. The van der Waals surface area contributed by atoms with Gasteiger partial charge in [-0.15, -0.1) is 0 Å². The molecule has 20 heavy (non-hydrogen) atoms. The van der Waals surface area contributed by atoms with E-state index < -0.39 is 12.0 Å². The molecule has 0 aromatic heterocycles. The number of carbonyl (C=O) groups is 2. The summed E-state index contributed by atoms with van der Waals surface area (Å²) in [7, 11) is 0. The Kier molecular flexibility index (Phi) is 5.02. The standard InChI is InChI=1S/C15H26N2O3/c1-9(2)7-13(15(19)20)17-14(18)12-8-10-5-3-4-6-11(10)16-12/h9-13,16H,3-8H2,1-2H3,(H,17,18)(H,19,20). The van der Waals surface area contributed by atoms with Crippen LogP contribution in [0.25, 0.3) is 0 Å². The third-order valence-electron chi connectivity index (χ3n) is 4.50. The second-order valence-corrected chi connectivity index (χ2v) is 6.63. The number of rotatable bonds is 5. The topological polar surface area (TPSA) is 78.4 Å². The van der Waals surface area contributed by atoms with Crippen LogP contribution in [-0.2, 0) is 9.59 Å². The van der Waals surface area contributed by atoms with Crippen molar-refractivity contribution in [2.75, 3.05) is 0 Å². The fourth-order valence-electron chi connectivity index (χ4n) is 3.49. The van der Waals surface area contributed by atoms with Gasteiger partial charge < -0.3 is 15.7 Å². The number of nitrogens with one attached hydrogen (secondary N) is 2. The number of hydrogen-bond acceptors (Lipinski definition) is 3. The lowest BCUT2D eigenvalue weighted by molar-refractivity contribution is -0.142. The van der Waals surface area contributed by atoms with E-state index in [1.165, 1.54) is 19.3 Å².